The second kappa shape index (κ2) is 7.45. The number of ether oxygens (including phenoxy) is 1. The zero-order chi connectivity index (χ0) is 18.0. The van der Waals surface area contributed by atoms with Crippen LogP contribution < -0.4 is 9.64 Å². The molecule has 2 heterocycles. The second-order valence-electron chi connectivity index (χ2n) is 5.72. The first-order valence-electron chi connectivity index (χ1n) is 8.09. The summed E-state index contributed by atoms with van der Waals surface area (Å²) in [6, 6.07) is 10.8. The molecule has 0 saturated heterocycles. The fraction of sp³-hybridized carbons (Fsp3) is 0.263. The first kappa shape index (κ1) is 17.8. The Morgan fingerprint density at radius 3 is 2.40 bits per heavy atom. The highest BCUT2D eigenvalue weighted by atomic mass is 32.2. The van der Waals surface area contributed by atoms with E-state index in [0.717, 1.165) is 4.88 Å². The minimum Gasteiger partial charge on any atom is -0.494 e. The van der Waals surface area contributed by atoms with Crippen molar-refractivity contribution in [2.45, 2.75) is 26.0 Å². The predicted molar refractivity (Wildman–Crippen MR) is 104 cm³/mol. The van der Waals surface area contributed by atoms with Gasteiger partial charge in [0.05, 0.1) is 22.8 Å². The van der Waals surface area contributed by atoms with Gasteiger partial charge in [-0.25, -0.2) is 4.90 Å². The third-order valence-corrected chi connectivity index (χ3v) is 5.54. The molecule has 4 nitrogen and oxygen atoms in total. The summed E-state index contributed by atoms with van der Waals surface area (Å²) in [7, 11) is 0. The summed E-state index contributed by atoms with van der Waals surface area (Å²) in [6.07, 6.45) is 0. The Balaban J connectivity index is 1.99. The van der Waals surface area contributed by atoms with Gasteiger partial charge < -0.3 is 4.74 Å². The Labute approximate surface area is 155 Å². The average molecular weight is 373 g/mol. The maximum absolute atomic E-state index is 13.0. The molecule has 0 saturated carbocycles. The maximum Gasteiger partial charge on any atom is 0.272 e. The van der Waals surface area contributed by atoms with E-state index >= 15 is 0 Å². The summed E-state index contributed by atoms with van der Waals surface area (Å²) in [5.74, 6) is 0.199. The lowest BCUT2D eigenvalue weighted by molar-refractivity contribution is -0.119. The SMILES string of the molecule is CCOc1ccc(N2C(=O)C(SC(C)C)=C(c3cccs3)C2=O)cc1. The van der Waals surface area contributed by atoms with Crippen LogP contribution in [0.2, 0.25) is 0 Å². The van der Waals surface area contributed by atoms with Crippen molar-refractivity contribution in [1.82, 2.24) is 0 Å². The Hall–Kier alpha value is -2.05. The van der Waals surface area contributed by atoms with Crippen LogP contribution in [0.15, 0.2) is 46.7 Å². The normalized spacial score (nSPS) is 14.8. The van der Waals surface area contributed by atoms with Gasteiger partial charge in [0.2, 0.25) is 0 Å². The molecule has 6 heteroatoms. The van der Waals surface area contributed by atoms with Crippen molar-refractivity contribution in [3.05, 3.63) is 51.6 Å². The number of anilines is 1. The number of thioether (sulfide) groups is 1. The van der Waals surface area contributed by atoms with E-state index in [4.69, 9.17) is 4.74 Å². The molecule has 0 radical (unpaired) electrons. The van der Waals surface area contributed by atoms with Crippen molar-refractivity contribution in [2.75, 3.05) is 11.5 Å². The van der Waals surface area contributed by atoms with Crippen molar-refractivity contribution in [1.29, 1.82) is 0 Å². The zero-order valence-corrected chi connectivity index (χ0v) is 15.9. The summed E-state index contributed by atoms with van der Waals surface area (Å²) in [4.78, 5) is 28.6. The van der Waals surface area contributed by atoms with Crippen molar-refractivity contribution in [2.24, 2.45) is 0 Å². The van der Waals surface area contributed by atoms with Crippen LogP contribution in [0.1, 0.15) is 25.6 Å². The van der Waals surface area contributed by atoms with Gasteiger partial charge in [0.25, 0.3) is 11.8 Å². The monoisotopic (exact) mass is 373 g/mol. The van der Waals surface area contributed by atoms with E-state index in [0.29, 0.717) is 28.5 Å². The van der Waals surface area contributed by atoms with E-state index in [9.17, 15) is 9.59 Å². The van der Waals surface area contributed by atoms with Crippen LogP contribution >= 0.6 is 23.1 Å². The highest BCUT2D eigenvalue weighted by Gasteiger charge is 2.40. The van der Waals surface area contributed by atoms with Crippen LogP contribution in [0, 0.1) is 0 Å². The topological polar surface area (TPSA) is 46.6 Å². The molecule has 0 spiro atoms. The Morgan fingerprint density at radius 1 is 1.12 bits per heavy atom. The molecule has 3 rings (SSSR count). The molecule has 0 atom stereocenters. The van der Waals surface area contributed by atoms with Gasteiger partial charge in [-0.1, -0.05) is 19.9 Å². The van der Waals surface area contributed by atoms with Gasteiger partial charge in [-0.3, -0.25) is 9.59 Å². The van der Waals surface area contributed by atoms with E-state index in [1.54, 1.807) is 24.3 Å². The second-order valence-corrected chi connectivity index (χ2v) is 8.26. The average Bonchev–Trinajstić information content (AvgIpc) is 3.16. The minimum atomic E-state index is -0.264. The number of rotatable bonds is 6. The van der Waals surface area contributed by atoms with Crippen LogP contribution in [0.3, 0.4) is 0 Å². The molecule has 0 unspecified atom stereocenters. The lowest BCUT2D eigenvalue weighted by Gasteiger charge is -2.16. The number of amides is 2. The van der Waals surface area contributed by atoms with Crippen LogP contribution in [0.25, 0.3) is 5.57 Å². The lowest BCUT2D eigenvalue weighted by Crippen LogP contribution is -2.31. The minimum absolute atomic E-state index is 0.210. The Bertz CT molecular complexity index is 808. The lowest BCUT2D eigenvalue weighted by atomic mass is 10.2. The molecule has 0 aliphatic carbocycles. The fourth-order valence-corrected chi connectivity index (χ4v) is 4.40. The zero-order valence-electron chi connectivity index (χ0n) is 14.3. The quantitative estimate of drug-likeness (QED) is 0.696. The molecule has 25 heavy (non-hydrogen) atoms. The van der Waals surface area contributed by atoms with Gasteiger partial charge in [0.15, 0.2) is 0 Å². The van der Waals surface area contributed by atoms with Crippen molar-refractivity contribution >= 4 is 46.2 Å². The van der Waals surface area contributed by atoms with Gasteiger partial charge in [0.1, 0.15) is 5.75 Å². The van der Waals surface area contributed by atoms with Crippen LogP contribution in [-0.4, -0.2) is 23.7 Å². The van der Waals surface area contributed by atoms with Gasteiger partial charge in [-0.05, 0) is 42.6 Å². The van der Waals surface area contributed by atoms with E-state index in [1.807, 2.05) is 38.3 Å². The smallest absolute Gasteiger partial charge is 0.272 e. The van der Waals surface area contributed by atoms with Gasteiger partial charge in [-0.2, -0.15) is 0 Å². The summed E-state index contributed by atoms with van der Waals surface area (Å²) in [5.41, 5.74) is 1.07. The van der Waals surface area contributed by atoms with Crippen molar-refractivity contribution in [3.63, 3.8) is 0 Å². The number of imide groups is 1. The fourth-order valence-electron chi connectivity index (χ4n) is 2.59. The molecule has 130 valence electrons. The van der Waals surface area contributed by atoms with E-state index in [1.165, 1.54) is 28.0 Å². The molecule has 2 amide bonds. The van der Waals surface area contributed by atoms with Crippen LogP contribution in [0.5, 0.6) is 5.75 Å². The third kappa shape index (κ3) is 3.50. The standard InChI is InChI=1S/C19H19NO3S2/c1-4-23-14-9-7-13(8-10-14)20-18(21)16(15-6-5-11-24-15)17(19(20)22)25-12(2)3/h5-12H,4H2,1-3H3. The van der Waals surface area contributed by atoms with Gasteiger partial charge >= 0.3 is 0 Å². The Kier molecular flexibility index (Phi) is 5.30. The maximum atomic E-state index is 13.0. The molecule has 1 aliphatic heterocycles. The summed E-state index contributed by atoms with van der Waals surface area (Å²) < 4.78 is 5.43. The number of nitrogens with zero attached hydrogens (tertiary/aromatic N) is 1. The van der Waals surface area contributed by atoms with Crippen LogP contribution in [-0.2, 0) is 9.59 Å². The number of hydrogen-bond donors (Lipinski definition) is 0. The summed E-state index contributed by atoms with van der Waals surface area (Å²) in [5, 5.41) is 2.12. The number of carbonyl (C=O) groups excluding carboxylic acids is 2. The molecule has 1 aromatic heterocycles. The van der Waals surface area contributed by atoms with Crippen molar-refractivity contribution < 1.29 is 14.3 Å². The number of thiophene rings is 1. The molecule has 1 aromatic carbocycles. The summed E-state index contributed by atoms with van der Waals surface area (Å²) >= 11 is 2.91. The molecule has 1 aliphatic rings. The predicted octanol–water partition coefficient (Wildman–Crippen LogP) is 4.57. The van der Waals surface area contributed by atoms with Crippen LogP contribution in [0.4, 0.5) is 5.69 Å². The van der Waals surface area contributed by atoms with E-state index in [-0.39, 0.29) is 17.1 Å². The van der Waals surface area contributed by atoms with E-state index < -0.39 is 0 Å². The van der Waals surface area contributed by atoms with Crippen molar-refractivity contribution in [3.8, 4) is 5.75 Å². The number of benzene rings is 1. The highest BCUT2D eigenvalue weighted by Crippen LogP contribution is 2.41. The highest BCUT2D eigenvalue weighted by molar-refractivity contribution is 8.04. The Morgan fingerprint density at radius 2 is 1.84 bits per heavy atom. The molecule has 0 fully saturated rings. The molecular formula is C19H19NO3S2. The molecular weight excluding hydrogens is 354 g/mol. The van der Waals surface area contributed by atoms with E-state index in [2.05, 4.69) is 0 Å². The third-order valence-electron chi connectivity index (χ3n) is 3.57. The van der Waals surface area contributed by atoms with Gasteiger partial charge in [-0.15, -0.1) is 23.1 Å². The number of carbonyl (C=O) groups is 2. The molecule has 0 N–H and O–H groups in total. The molecule has 2 aromatic rings. The first-order valence-corrected chi connectivity index (χ1v) is 9.85. The largest absolute Gasteiger partial charge is 0.494 e. The number of hydrogen-bond acceptors (Lipinski definition) is 5. The van der Waals surface area contributed by atoms with Gasteiger partial charge in [0, 0.05) is 10.1 Å². The molecule has 0 bridgehead atoms. The summed E-state index contributed by atoms with van der Waals surface area (Å²) in [6.45, 7) is 6.51. The first-order chi connectivity index (χ1) is 12.0.